The maximum atomic E-state index is 4.81. The van der Waals surface area contributed by atoms with Crippen LogP contribution in [0.5, 0.6) is 0 Å². The molecule has 21 heavy (non-hydrogen) atoms. The van der Waals surface area contributed by atoms with E-state index in [1.165, 1.54) is 0 Å². The summed E-state index contributed by atoms with van der Waals surface area (Å²) < 4.78 is 0. The lowest BCUT2D eigenvalue weighted by atomic mass is 9.78. The third-order valence-corrected chi connectivity index (χ3v) is 4.08. The zero-order valence-electron chi connectivity index (χ0n) is 14.3. The minimum absolute atomic E-state index is 0.266. The minimum atomic E-state index is -0.266. The number of rotatable bonds is 2. The summed E-state index contributed by atoms with van der Waals surface area (Å²) in [6, 6.07) is 0. The van der Waals surface area contributed by atoms with E-state index < -0.39 is 0 Å². The van der Waals surface area contributed by atoms with Crippen LogP contribution < -0.4 is 0 Å². The molecule has 0 radical (unpaired) electrons. The number of hydrogen-bond acceptors (Lipinski definition) is 4. The summed E-state index contributed by atoms with van der Waals surface area (Å²) >= 11 is 0. The van der Waals surface area contributed by atoms with Gasteiger partial charge in [-0.15, -0.1) is 0 Å². The molecule has 4 nitrogen and oxygen atoms in total. The van der Waals surface area contributed by atoms with Gasteiger partial charge in [-0.2, -0.15) is 0 Å². The van der Waals surface area contributed by atoms with E-state index in [4.69, 9.17) is 4.98 Å². The average Bonchev–Trinajstić information content (AvgIpc) is 2.31. The Bertz CT molecular complexity index is 679. The fourth-order valence-electron chi connectivity index (χ4n) is 3.21. The van der Waals surface area contributed by atoms with Crippen LogP contribution in [-0.2, 0) is 5.41 Å². The molecule has 0 aliphatic carbocycles. The molecule has 0 bridgehead atoms. The van der Waals surface area contributed by atoms with Gasteiger partial charge in [-0.05, 0) is 55.4 Å². The van der Waals surface area contributed by atoms with Crippen molar-refractivity contribution in [1.82, 2.24) is 19.9 Å². The van der Waals surface area contributed by atoms with Crippen LogP contribution in [0.3, 0.4) is 0 Å². The molecule has 4 heteroatoms. The van der Waals surface area contributed by atoms with Crippen LogP contribution in [0.2, 0.25) is 0 Å². The summed E-state index contributed by atoms with van der Waals surface area (Å²) in [5.41, 5.74) is 6.86. The second-order valence-corrected chi connectivity index (χ2v) is 6.27. The van der Waals surface area contributed by atoms with E-state index in [1.54, 1.807) is 0 Å². The zero-order valence-corrected chi connectivity index (χ0v) is 14.3. The van der Waals surface area contributed by atoms with Crippen molar-refractivity contribution in [3.8, 4) is 0 Å². The molecule has 0 saturated heterocycles. The molecule has 2 heterocycles. The quantitative estimate of drug-likeness (QED) is 0.847. The molecular weight excluding hydrogens is 260 g/mol. The van der Waals surface area contributed by atoms with Gasteiger partial charge in [0.2, 0.25) is 0 Å². The lowest BCUT2D eigenvalue weighted by Crippen LogP contribution is -2.27. The Kier molecular flexibility index (Phi) is 3.83. The predicted molar refractivity (Wildman–Crippen MR) is 84.6 cm³/mol. The third-order valence-electron chi connectivity index (χ3n) is 4.08. The molecule has 0 unspecified atom stereocenters. The Morgan fingerprint density at radius 1 is 0.571 bits per heavy atom. The Hall–Kier alpha value is -1.84. The second kappa shape index (κ2) is 5.17. The summed E-state index contributed by atoms with van der Waals surface area (Å²) in [7, 11) is 0. The lowest BCUT2D eigenvalue weighted by Gasteiger charge is -2.29. The molecule has 0 atom stereocenters. The van der Waals surface area contributed by atoms with E-state index >= 15 is 0 Å². The SMILES string of the molecule is Cc1nc(C)c(C(C)(C)c2nc(C)c(C)nc2C)c(C)n1. The summed E-state index contributed by atoms with van der Waals surface area (Å²) in [6.07, 6.45) is 0. The monoisotopic (exact) mass is 284 g/mol. The van der Waals surface area contributed by atoms with Crippen LogP contribution in [0.4, 0.5) is 0 Å². The van der Waals surface area contributed by atoms with E-state index in [-0.39, 0.29) is 5.41 Å². The molecule has 2 rings (SSSR count). The van der Waals surface area contributed by atoms with E-state index in [2.05, 4.69) is 28.8 Å². The highest BCUT2D eigenvalue weighted by Crippen LogP contribution is 2.35. The summed E-state index contributed by atoms with van der Waals surface area (Å²) in [5.74, 6) is 0.812. The summed E-state index contributed by atoms with van der Waals surface area (Å²) in [6.45, 7) is 16.4. The van der Waals surface area contributed by atoms with Gasteiger partial charge in [0.05, 0.1) is 22.8 Å². The highest BCUT2D eigenvalue weighted by atomic mass is 14.9. The molecule has 0 spiro atoms. The normalized spacial score (nSPS) is 11.8. The maximum absolute atomic E-state index is 4.81. The summed E-state index contributed by atoms with van der Waals surface area (Å²) in [5, 5.41) is 0. The Labute approximate surface area is 127 Å². The smallest absolute Gasteiger partial charge is 0.125 e. The van der Waals surface area contributed by atoms with Gasteiger partial charge < -0.3 is 0 Å². The Morgan fingerprint density at radius 3 is 1.57 bits per heavy atom. The first-order valence-corrected chi connectivity index (χ1v) is 7.29. The van der Waals surface area contributed by atoms with Crippen LogP contribution in [0, 0.1) is 41.5 Å². The standard InChI is InChI=1S/C17H24N4/c1-9-10(2)21-16(13(5)18-9)17(7,8)15-11(3)19-14(6)20-12(15)4/h1-8H3. The molecule has 0 N–H and O–H groups in total. The molecule has 0 aliphatic rings. The molecule has 112 valence electrons. The van der Waals surface area contributed by atoms with Gasteiger partial charge in [-0.3, -0.25) is 9.97 Å². The number of nitrogens with zero attached hydrogens (tertiary/aromatic N) is 4. The Morgan fingerprint density at radius 2 is 1.05 bits per heavy atom. The zero-order chi connectivity index (χ0) is 15.9. The van der Waals surface area contributed by atoms with Gasteiger partial charge in [0.15, 0.2) is 0 Å². The van der Waals surface area contributed by atoms with Crippen molar-refractivity contribution >= 4 is 0 Å². The first kappa shape index (κ1) is 15.5. The average molecular weight is 284 g/mol. The van der Waals surface area contributed by atoms with Crippen LogP contribution in [0.15, 0.2) is 0 Å². The molecule has 2 aromatic rings. The van der Waals surface area contributed by atoms with Crippen LogP contribution in [0.25, 0.3) is 0 Å². The van der Waals surface area contributed by atoms with Crippen LogP contribution in [0.1, 0.15) is 59.4 Å². The Balaban J connectivity index is 2.71. The van der Waals surface area contributed by atoms with E-state index in [1.807, 2.05) is 41.5 Å². The second-order valence-electron chi connectivity index (χ2n) is 6.27. The topological polar surface area (TPSA) is 51.6 Å². The fraction of sp³-hybridized carbons (Fsp3) is 0.529. The maximum Gasteiger partial charge on any atom is 0.125 e. The molecular formula is C17H24N4. The van der Waals surface area contributed by atoms with Crippen molar-refractivity contribution < 1.29 is 0 Å². The molecule has 0 fully saturated rings. The molecule has 0 aliphatic heterocycles. The molecule has 2 aromatic heterocycles. The highest BCUT2D eigenvalue weighted by molar-refractivity contribution is 5.41. The minimum Gasteiger partial charge on any atom is -0.255 e. The number of aromatic nitrogens is 4. The van der Waals surface area contributed by atoms with Crippen LogP contribution in [-0.4, -0.2) is 19.9 Å². The van der Waals surface area contributed by atoms with E-state index in [0.717, 1.165) is 45.6 Å². The van der Waals surface area contributed by atoms with Gasteiger partial charge in [-0.1, -0.05) is 0 Å². The van der Waals surface area contributed by atoms with Crippen molar-refractivity contribution in [2.45, 2.75) is 60.8 Å². The van der Waals surface area contributed by atoms with Gasteiger partial charge in [0.1, 0.15) is 5.82 Å². The van der Waals surface area contributed by atoms with Crippen molar-refractivity contribution in [1.29, 1.82) is 0 Å². The summed E-state index contributed by atoms with van der Waals surface area (Å²) in [4.78, 5) is 18.5. The largest absolute Gasteiger partial charge is 0.255 e. The molecule has 0 aromatic carbocycles. The van der Waals surface area contributed by atoms with Gasteiger partial charge in [0.25, 0.3) is 0 Å². The third kappa shape index (κ3) is 2.67. The first-order valence-electron chi connectivity index (χ1n) is 7.29. The predicted octanol–water partition coefficient (Wildman–Crippen LogP) is 3.44. The number of hydrogen-bond donors (Lipinski definition) is 0. The van der Waals surface area contributed by atoms with E-state index in [0.29, 0.717) is 0 Å². The van der Waals surface area contributed by atoms with Crippen molar-refractivity contribution in [2.24, 2.45) is 0 Å². The van der Waals surface area contributed by atoms with E-state index in [9.17, 15) is 0 Å². The fourth-order valence-corrected chi connectivity index (χ4v) is 3.21. The van der Waals surface area contributed by atoms with Crippen molar-refractivity contribution in [3.05, 3.63) is 45.6 Å². The van der Waals surface area contributed by atoms with Crippen LogP contribution >= 0.6 is 0 Å². The lowest BCUT2D eigenvalue weighted by molar-refractivity contribution is 0.583. The molecule has 0 saturated carbocycles. The van der Waals surface area contributed by atoms with Gasteiger partial charge >= 0.3 is 0 Å². The van der Waals surface area contributed by atoms with Gasteiger partial charge in [-0.25, -0.2) is 9.97 Å². The van der Waals surface area contributed by atoms with Crippen molar-refractivity contribution in [3.63, 3.8) is 0 Å². The molecule has 0 amide bonds. The number of aryl methyl sites for hydroxylation is 6. The van der Waals surface area contributed by atoms with Crippen molar-refractivity contribution in [2.75, 3.05) is 0 Å². The first-order chi connectivity index (χ1) is 9.64. The van der Waals surface area contributed by atoms with Gasteiger partial charge in [0, 0.05) is 22.4 Å². The highest BCUT2D eigenvalue weighted by Gasteiger charge is 2.32.